The third-order valence-electron chi connectivity index (χ3n) is 2.15. The van der Waals surface area contributed by atoms with E-state index in [1.807, 2.05) is 65.0 Å². The summed E-state index contributed by atoms with van der Waals surface area (Å²) in [7, 11) is 0. The van der Waals surface area contributed by atoms with Gasteiger partial charge in [-0.3, -0.25) is 4.79 Å². The lowest BCUT2D eigenvalue weighted by Crippen LogP contribution is -1.98. The first kappa shape index (κ1) is 15.9. The molecule has 0 N–H and O–H groups in total. The molecule has 0 amide bonds. The molecule has 2 heteroatoms. The molecule has 0 saturated carbocycles. The molecule has 1 aromatic rings. The summed E-state index contributed by atoms with van der Waals surface area (Å²) in [4.78, 5) is 11.3. The fourth-order valence-electron chi connectivity index (χ4n) is 1.47. The number of hydrogen-bond donors (Lipinski definition) is 0. The van der Waals surface area contributed by atoms with Crippen molar-refractivity contribution in [2.75, 3.05) is 0 Å². The maximum Gasteiger partial charge on any atom is 0.252 e. The van der Waals surface area contributed by atoms with Gasteiger partial charge in [-0.15, -0.1) is 0 Å². The summed E-state index contributed by atoms with van der Waals surface area (Å²) in [6.45, 7) is 10.0. The van der Waals surface area contributed by atoms with Gasteiger partial charge in [0.2, 0.25) is 0 Å². The van der Waals surface area contributed by atoms with Crippen molar-refractivity contribution in [1.29, 1.82) is 0 Å². The molecular formula is C15H21ClO. The van der Waals surface area contributed by atoms with Crippen molar-refractivity contribution in [3.05, 3.63) is 41.5 Å². The molecule has 1 aromatic carbocycles. The summed E-state index contributed by atoms with van der Waals surface area (Å²) in [6.07, 6.45) is 1.90. The van der Waals surface area contributed by atoms with Crippen molar-refractivity contribution in [3.63, 3.8) is 0 Å². The number of halogens is 1. The summed E-state index contributed by atoms with van der Waals surface area (Å²) < 4.78 is 0. The summed E-state index contributed by atoms with van der Waals surface area (Å²) in [6, 6.07) is 7.76. The summed E-state index contributed by atoms with van der Waals surface area (Å²) in [5.74, 6) is 0.308. The number of allylic oxidation sites excluding steroid dienone is 2. The Balaban J connectivity index is 0.00000121. The summed E-state index contributed by atoms with van der Waals surface area (Å²) >= 11 is 5.59. The van der Waals surface area contributed by atoms with Gasteiger partial charge >= 0.3 is 0 Å². The molecule has 0 aliphatic carbocycles. The van der Waals surface area contributed by atoms with E-state index in [0.717, 1.165) is 11.1 Å². The van der Waals surface area contributed by atoms with Crippen LogP contribution in [-0.2, 0) is 4.79 Å². The Kier molecular flexibility index (Phi) is 7.56. The largest absolute Gasteiger partial charge is 0.276 e. The SMILES string of the molecule is CC.Cc1ccccc1/C(=C\C(C)C)C(=O)Cl. The van der Waals surface area contributed by atoms with E-state index in [4.69, 9.17) is 11.6 Å². The van der Waals surface area contributed by atoms with Gasteiger partial charge in [-0.05, 0) is 35.6 Å². The van der Waals surface area contributed by atoms with Gasteiger partial charge in [-0.25, -0.2) is 0 Å². The second-order valence-corrected chi connectivity index (χ2v) is 4.26. The topological polar surface area (TPSA) is 17.1 Å². The van der Waals surface area contributed by atoms with Gasteiger partial charge in [0, 0.05) is 5.57 Å². The van der Waals surface area contributed by atoms with Crippen molar-refractivity contribution in [2.24, 2.45) is 5.92 Å². The lowest BCUT2D eigenvalue weighted by atomic mass is 9.98. The van der Waals surface area contributed by atoms with Crippen LogP contribution >= 0.6 is 11.6 Å². The molecule has 0 aromatic heterocycles. The monoisotopic (exact) mass is 252 g/mol. The zero-order valence-electron chi connectivity index (χ0n) is 11.3. The van der Waals surface area contributed by atoms with Crippen LogP contribution in [0.3, 0.4) is 0 Å². The highest BCUT2D eigenvalue weighted by Crippen LogP contribution is 2.22. The standard InChI is InChI=1S/C13H15ClO.C2H6/c1-9(2)8-12(13(14)15)11-7-5-4-6-10(11)3;1-2/h4-9H,1-3H3;1-2H3/b12-8+;. The van der Waals surface area contributed by atoms with E-state index in [9.17, 15) is 4.79 Å². The molecular weight excluding hydrogens is 232 g/mol. The van der Waals surface area contributed by atoms with Gasteiger partial charge in [-0.2, -0.15) is 0 Å². The molecule has 94 valence electrons. The second-order valence-electron chi connectivity index (χ2n) is 3.91. The van der Waals surface area contributed by atoms with Crippen LogP contribution in [0.5, 0.6) is 0 Å². The van der Waals surface area contributed by atoms with Gasteiger partial charge in [0.1, 0.15) is 0 Å². The minimum absolute atomic E-state index is 0.308. The highest BCUT2D eigenvalue weighted by Gasteiger charge is 2.11. The highest BCUT2D eigenvalue weighted by molar-refractivity contribution is 6.74. The normalized spacial score (nSPS) is 10.9. The Labute approximate surface area is 109 Å². The minimum atomic E-state index is -0.391. The fraction of sp³-hybridized carbons (Fsp3) is 0.400. The number of hydrogen-bond acceptors (Lipinski definition) is 1. The Morgan fingerprint density at radius 1 is 1.24 bits per heavy atom. The predicted molar refractivity (Wildman–Crippen MR) is 76.2 cm³/mol. The number of carbonyl (C=O) groups excluding carboxylic acids is 1. The number of carbonyl (C=O) groups is 1. The summed E-state index contributed by atoms with van der Waals surface area (Å²) in [5.41, 5.74) is 2.59. The Morgan fingerprint density at radius 2 is 1.76 bits per heavy atom. The summed E-state index contributed by atoms with van der Waals surface area (Å²) in [5, 5.41) is -0.391. The maximum atomic E-state index is 11.3. The number of aryl methyl sites for hydroxylation is 1. The predicted octanol–water partition coefficient (Wildman–Crippen LogP) is 4.83. The van der Waals surface area contributed by atoms with Crippen LogP contribution in [0.25, 0.3) is 5.57 Å². The average Bonchev–Trinajstić information content (AvgIpc) is 2.29. The van der Waals surface area contributed by atoms with E-state index in [1.54, 1.807) is 0 Å². The van der Waals surface area contributed by atoms with Crippen molar-refractivity contribution < 1.29 is 4.79 Å². The highest BCUT2D eigenvalue weighted by atomic mass is 35.5. The molecule has 0 bridgehead atoms. The van der Waals surface area contributed by atoms with Gasteiger partial charge in [0.25, 0.3) is 5.24 Å². The van der Waals surface area contributed by atoms with Gasteiger partial charge in [0.05, 0.1) is 0 Å². The molecule has 0 spiro atoms. The first-order chi connectivity index (χ1) is 8.02. The van der Waals surface area contributed by atoms with Crippen LogP contribution < -0.4 is 0 Å². The van der Waals surface area contributed by atoms with E-state index >= 15 is 0 Å². The second kappa shape index (κ2) is 8.08. The Hall–Kier alpha value is -1.08. The van der Waals surface area contributed by atoms with Crippen molar-refractivity contribution in [2.45, 2.75) is 34.6 Å². The molecule has 0 aliphatic rings. The quantitative estimate of drug-likeness (QED) is 0.556. The lowest BCUT2D eigenvalue weighted by molar-refractivity contribution is -0.106. The van der Waals surface area contributed by atoms with Crippen molar-refractivity contribution in [3.8, 4) is 0 Å². The van der Waals surface area contributed by atoms with Gasteiger partial charge in [-0.1, -0.05) is 58.0 Å². The van der Waals surface area contributed by atoms with Crippen LogP contribution in [0.1, 0.15) is 38.8 Å². The molecule has 0 saturated heterocycles. The zero-order valence-corrected chi connectivity index (χ0v) is 12.0. The molecule has 0 heterocycles. The van der Waals surface area contributed by atoms with E-state index in [2.05, 4.69) is 0 Å². The van der Waals surface area contributed by atoms with Crippen molar-refractivity contribution in [1.82, 2.24) is 0 Å². The van der Waals surface area contributed by atoms with E-state index < -0.39 is 5.24 Å². The number of benzene rings is 1. The van der Waals surface area contributed by atoms with Gasteiger partial charge in [0.15, 0.2) is 0 Å². The molecule has 0 fully saturated rings. The molecule has 0 unspecified atom stereocenters. The fourth-order valence-corrected chi connectivity index (χ4v) is 1.63. The molecule has 17 heavy (non-hydrogen) atoms. The van der Waals surface area contributed by atoms with E-state index in [1.165, 1.54) is 0 Å². The zero-order chi connectivity index (χ0) is 13.4. The van der Waals surface area contributed by atoms with Crippen LogP contribution in [0.2, 0.25) is 0 Å². The Bertz CT molecular complexity index is 392. The number of rotatable bonds is 3. The average molecular weight is 253 g/mol. The van der Waals surface area contributed by atoms with Gasteiger partial charge < -0.3 is 0 Å². The molecule has 0 aliphatic heterocycles. The van der Waals surface area contributed by atoms with Crippen LogP contribution in [-0.4, -0.2) is 5.24 Å². The minimum Gasteiger partial charge on any atom is -0.276 e. The lowest BCUT2D eigenvalue weighted by Gasteiger charge is -2.07. The van der Waals surface area contributed by atoms with Crippen LogP contribution in [0.15, 0.2) is 30.3 Å². The molecule has 0 atom stereocenters. The maximum absolute atomic E-state index is 11.3. The van der Waals surface area contributed by atoms with E-state index in [-0.39, 0.29) is 0 Å². The van der Waals surface area contributed by atoms with Crippen LogP contribution in [0, 0.1) is 12.8 Å². The molecule has 0 radical (unpaired) electrons. The first-order valence-electron chi connectivity index (χ1n) is 6.00. The third kappa shape index (κ3) is 5.18. The van der Waals surface area contributed by atoms with Crippen molar-refractivity contribution >= 4 is 22.4 Å². The third-order valence-corrected chi connectivity index (χ3v) is 2.35. The molecule has 1 rings (SSSR count). The Morgan fingerprint density at radius 3 is 2.18 bits per heavy atom. The van der Waals surface area contributed by atoms with Crippen LogP contribution in [0.4, 0.5) is 0 Å². The molecule has 1 nitrogen and oxygen atoms in total. The first-order valence-corrected chi connectivity index (χ1v) is 6.38. The smallest absolute Gasteiger partial charge is 0.252 e. The van der Waals surface area contributed by atoms with E-state index in [0.29, 0.717) is 11.5 Å².